The molecule has 1 aliphatic rings. The maximum atomic E-state index is 12.5. The van der Waals surface area contributed by atoms with Gasteiger partial charge < -0.3 is 9.64 Å². The quantitative estimate of drug-likeness (QED) is 0.784. The molecule has 1 saturated heterocycles. The highest BCUT2D eigenvalue weighted by Gasteiger charge is 2.28. The molecule has 0 radical (unpaired) electrons. The fraction of sp³-hybridized carbons (Fsp3) is 0.500. The Morgan fingerprint density at radius 2 is 2.00 bits per heavy atom. The third-order valence-electron chi connectivity index (χ3n) is 3.82. The third kappa shape index (κ3) is 3.84. The van der Waals surface area contributed by atoms with E-state index >= 15 is 0 Å². The summed E-state index contributed by atoms with van der Waals surface area (Å²) in [4.78, 5) is 26.0. The van der Waals surface area contributed by atoms with Crippen LogP contribution in [0.25, 0.3) is 0 Å². The maximum absolute atomic E-state index is 12.5. The highest BCUT2D eigenvalue weighted by molar-refractivity contribution is 9.10. The molecule has 0 spiro atoms. The SMILES string of the molecule is CCOC(=O)C1CCN(C(=O)c2ccc(C)c(Br)c2)CC1. The zero-order valence-electron chi connectivity index (χ0n) is 12.4. The minimum atomic E-state index is -0.136. The number of aryl methyl sites for hydroxylation is 1. The van der Waals surface area contributed by atoms with Crippen LogP contribution < -0.4 is 0 Å². The number of likely N-dealkylation sites (tertiary alicyclic amines) is 1. The van der Waals surface area contributed by atoms with Crippen molar-refractivity contribution < 1.29 is 14.3 Å². The first kappa shape index (κ1) is 16.0. The van der Waals surface area contributed by atoms with Crippen LogP contribution in [0.2, 0.25) is 0 Å². The van der Waals surface area contributed by atoms with Gasteiger partial charge in [-0.3, -0.25) is 9.59 Å². The molecule has 0 atom stereocenters. The number of rotatable bonds is 3. The lowest BCUT2D eigenvalue weighted by Gasteiger charge is -2.31. The van der Waals surface area contributed by atoms with Crippen molar-refractivity contribution >= 4 is 27.8 Å². The number of carbonyl (C=O) groups excluding carboxylic acids is 2. The molecule has 114 valence electrons. The molecule has 0 aliphatic carbocycles. The molecule has 0 N–H and O–H groups in total. The van der Waals surface area contributed by atoms with Gasteiger partial charge in [0.1, 0.15) is 0 Å². The maximum Gasteiger partial charge on any atom is 0.309 e. The van der Waals surface area contributed by atoms with Gasteiger partial charge in [0.2, 0.25) is 0 Å². The van der Waals surface area contributed by atoms with Crippen LogP contribution in [0.3, 0.4) is 0 Å². The second-order valence-electron chi connectivity index (χ2n) is 5.28. The van der Waals surface area contributed by atoms with Gasteiger partial charge in [-0.2, -0.15) is 0 Å². The van der Waals surface area contributed by atoms with Crippen LogP contribution in [0, 0.1) is 12.8 Å². The van der Waals surface area contributed by atoms with Crippen molar-refractivity contribution in [3.8, 4) is 0 Å². The molecule has 1 aromatic rings. The summed E-state index contributed by atoms with van der Waals surface area (Å²) < 4.78 is 5.98. The number of piperidine rings is 1. The fourth-order valence-corrected chi connectivity index (χ4v) is 2.87. The van der Waals surface area contributed by atoms with Gasteiger partial charge in [0.25, 0.3) is 5.91 Å². The minimum Gasteiger partial charge on any atom is -0.466 e. The smallest absolute Gasteiger partial charge is 0.309 e. The normalized spacial score (nSPS) is 15.9. The van der Waals surface area contributed by atoms with E-state index in [-0.39, 0.29) is 17.8 Å². The Balaban J connectivity index is 1.97. The Hall–Kier alpha value is -1.36. The number of carbonyl (C=O) groups is 2. The predicted octanol–water partition coefficient (Wildman–Crippen LogP) is 3.17. The number of ether oxygens (including phenoxy) is 1. The topological polar surface area (TPSA) is 46.6 Å². The lowest BCUT2D eigenvalue weighted by atomic mass is 9.96. The lowest BCUT2D eigenvalue weighted by Crippen LogP contribution is -2.40. The van der Waals surface area contributed by atoms with E-state index in [4.69, 9.17) is 4.74 Å². The lowest BCUT2D eigenvalue weighted by molar-refractivity contribution is -0.149. The van der Waals surface area contributed by atoms with Gasteiger partial charge in [0.15, 0.2) is 0 Å². The molecule has 1 amide bonds. The van der Waals surface area contributed by atoms with E-state index < -0.39 is 0 Å². The molecule has 5 heteroatoms. The zero-order chi connectivity index (χ0) is 15.4. The molecule has 0 unspecified atom stereocenters. The largest absolute Gasteiger partial charge is 0.466 e. The molecule has 0 aromatic heterocycles. The van der Waals surface area contributed by atoms with E-state index in [1.807, 2.05) is 36.9 Å². The average Bonchev–Trinajstić information content (AvgIpc) is 2.50. The molecule has 0 saturated carbocycles. The van der Waals surface area contributed by atoms with Gasteiger partial charge in [0.05, 0.1) is 12.5 Å². The first-order valence-electron chi connectivity index (χ1n) is 7.25. The highest BCUT2D eigenvalue weighted by Crippen LogP contribution is 2.22. The Morgan fingerprint density at radius 1 is 1.33 bits per heavy atom. The summed E-state index contributed by atoms with van der Waals surface area (Å²) in [5.41, 5.74) is 1.79. The molecule has 0 bridgehead atoms. The number of hydrogen-bond donors (Lipinski definition) is 0. The number of hydrogen-bond acceptors (Lipinski definition) is 3. The first-order chi connectivity index (χ1) is 10.0. The molecule has 4 nitrogen and oxygen atoms in total. The molecular weight excluding hydrogens is 334 g/mol. The van der Waals surface area contributed by atoms with Gasteiger partial charge in [-0.05, 0) is 44.4 Å². The summed E-state index contributed by atoms with van der Waals surface area (Å²) in [6.45, 7) is 5.42. The summed E-state index contributed by atoms with van der Waals surface area (Å²) >= 11 is 3.45. The van der Waals surface area contributed by atoms with E-state index in [0.29, 0.717) is 38.1 Å². The minimum absolute atomic E-state index is 0.0259. The van der Waals surface area contributed by atoms with Crippen LogP contribution >= 0.6 is 15.9 Å². The van der Waals surface area contributed by atoms with Crippen molar-refractivity contribution in [3.63, 3.8) is 0 Å². The van der Waals surface area contributed by atoms with Crippen molar-refractivity contribution in [1.29, 1.82) is 0 Å². The van der Waals surface area contributed by atoms with E-state index in [1.165, 1.54) is 0 Å². The molecule has 1 fully saturated rings. The Bertz CT molecular complexity index is 536. The summed E-state index contributed by atoms with van der Waals surface area (Å²) in [5.74, 6) is -0.181. The molecule has 1 aromatic carbocycles. The van der Waals surface area contributed by atoms with E-state index in [1.54, 1.807) is 0 Å². The monoisotopic (exact) mass is 353 g/mol. The number of esters is 1. The fourth-order valence-electron chi connectivity index (χ4n) is 2.49. The second kappa shape index (κ2) is 7.07. The predicted molar refractivity (Wildman–Crippen MR) is 84.1 cm³/mol. The van der Waals surface area contributed by atoms with Crippen LogP contribution in [0.1, 0.15) is 35.7 Å². The Labute approximate surface area is 133 Å². The van der Waals surface area contributed by atoms with E-state index in [0.717, 1.165) is 10.0 Å². The van der Waals surface area contributed by atoms with Crippen molar-refractivity contribution in [1.82, 2.24) is 4.90 Å². The Morgan fingerprint density at radius 3 is 2.57 bits per heavy atom. The van der Waals surface area contributed by atoms with Crippen molar-refractivity contribution in [3.05, 3.63) is 33.8 Å². The van der Waals surface area contributed by atoms with Crippen molar-refractivity contribution in [2.75, 3.05) is 19.7 Å². The summed E-state index contributed by atoms with van der Waals surface area (Å²) in [6.07, 6.45) is 1.36. The van der Waals surface area contributed by atoms with Crippen molar-refractivity contribution in [2.45, 2.75) is 26.7 Å². The average molecular weight is 354 g/mol. The molecule has 1 aliphatic heterocycles. The number of amides is 1. The standard InChI is InChI=1S/C16H20BrNO3/c1-3-21-16(20)12-6-8-18(9-7-12)15(19)13-5-4-11(2)14(17)10-13/h4-5,10,12H,3,6-9H2,1-2H3. The van der Waals surface area contributed by atoms with Crippen LogP contribution in [0.15, 0.2) is 22.7 Å². The van der Waals surface area contributed by atoms with Gasteiger partial charge >= 0.3 is 5.97 Å². The third-order valence-corrected chi connectivity index (χ3v) is 4.68. The van der Waals surface area contributed by atoms with E-state index in [2.05, 4.69) is 15.9 Å². The Kier molecular flexibility index (Phi) is 5.39. The van der Waals surface area contributed by atoms with Crippen LogP contribution in [0.4, 0.5) is 0 Å². The molecular formula is C16H20BrNO3. The van der Waals surface area contributed by atoms with Gasteiger partial charge in [0, 0.05) is 23.1 Å². The molecule has 2 rings (SSSR count). The van der Waals surface area contributed by atoms with Gasteiger partial charge in [-0.1, -0.05) is 22.0 Å². The van der Waals surface area contributed by atoms with Crippen LogP contribution in [-0.2, 0) is 9.53 Å². The number of nitrogens with zero attached hydrogens (tertiary/aromatic N) is 1. The van der Waals surface area contributed by atoms with Gasteiger partial charge in [-0.25, -0.2) is 0 Å². The van der Waals surface area contributed by atoms with Crippen LogP contribution in [0.5, 0.6) is 0 Å². The number of halogens is 1. The summed E-state index contributed by atoms with van der Waals surface area (Å²) in [6, 6.07) is 5.64. The van der Waals surface area contributed by atoms with E-state index in [9.17, 15) is 9.59 Å². The van der Waals surface area contributed by atoms with Crippen molar-refractivity contribution in [2.24, 2.45) is 5.92 Å². The molecule has 1 heterocycles. The first-order valence-corrected chi connectivity index (χ1v) is 8.04. The summed E-state index contributed by atoms with van der Waals surface area (Å²) in [5, 5.41) is 0. The zero-order valence-corrected chi connectivity index (χ0v) is 14.0. The van der Waals surface area contributed by atoms with Gasteiger partial charge in [-0.15, -0.1) is 0 Å². The summed E-state index contributed by atoms with van der Waals surface area (Å²) in [7, 11) is 0. The number of benzene rings is 1. The second-order valence-corrected chi connectivity index (χ2v) is 6.14. The van der Waals surface area contributed by atoms with Crippen LogP contribution in [-0.4, -0.2) is 36.5 Å². The molecule has 21 heavy (non-hydrogen) atoms. The highest BCUT2D eigenvalue weighted by atomic mass is 79.9.